The SMILES string of the molecule is Cc1nc2c(c(=O)[nH]1)CN(Cc1cc(O)c(O)cc1O)CC2. The summed E-state index contributed by atoms with van der Waals surface area (Å²) in [5, 5.41) is 28.7. The zero-order valence-corrected chi connectivity index (χ0v) is 12.1. The van der Waals surface area contributed by atoms with Gasteiger partial charge in [-0.1, -0.05) is 0 Å². The van der Waals surface area contributed by atoms with Gasteiger partial charge in [-0.15, -0.1) is 0 Å². The fourth-order valence-electron chi connectivity index (χ4n) is 2.72. The molecule has 7 nitrogen and oxygen atoms in total. The van der Waals surface area contributed by atoms with E-state index in [0.29, 0.717) is 43.0 Å². The van der Waals surface area contributed by atoms with E-state index in [-0.39, 0.29) is 22.8 Å². The third kappa shape index (κ3) is 2.62. The molecule has 1 aliphatic rings. The summed E-state index contributed by atoms with van der Waals surface area (Å²) in [6.45, 7) is 3.25. The summed E-state index contributed by atoms with van der Waals surface area (Å²) in [7, 11) is 0. The number of benzene rings is 1. The molecule has 0 saturated heterocycles. The lowest BCUT2D eigenvalue weighted by molar-refractivity contribution is 0.238. The van der Waals surface area contributed by atoms with Crippen molar-refractivity contribution in [1.82, 2.24) is 14.9 Å². The van der Waals surface area contributed by atoms with Crippen LogP contribution in [0, 0.1) is 6.92 Å². The van der Waals surface area contributed by atoms with Crippen LogP contribution in [-0.4, -0.2) is 36.7 Å². The number of phenolic OH excluding ortho intramolecular Hbond substituents is 3. The Bertz CT molecular complexity index is 785. The van der Waals surface area contributed by atoms with Crippen LogP contribution in [0.3, 0.4) is 0 Å². The Morgan fingerprint density at radius 2 is 1.95 bits per heavy atom. The van der Waals surface area contributed by atoms with E-state index in [4.69, 9.17) is 0 Å². The Kier molecular flexibility index (Phi) is 3.50. The molecule has 2 aromatic rings. The van der Waals surface area contributed by atoms with Crippen molar-refractivity contribution in [2.75, 3.05) is 6.54 Å². The molecule has 7 heteroatoms. The number of aryl methyl sites for hydroxylation is 1. The Hall–Kier alpha value is -2.54. The highest BCUT2D eigenvalue weighted by Crippen LogP contribution is 2.33. The molecule has 3 rings (SSSR count). The number of phenols is 3. The van der Waals surface area contributed by atoms with Gasteiger partial charge in [0.1, 0.15) is 11.6 Å². The van der Waals surface area contributed by atoms with Crippen molar-refractivity contribution in [3.63, 3.8) is 0 Å². The molecule has 0 amide bonds. The van der Waals surface area contributed by atoms with Crippen LogP contribution in [-0.2, 0) is 19.5 Å². The molecule has 22 heavy (non-hydrogen) atoms. The molecule has 0 radical (unpaired) electrons. The highest BCUT2D eigenvalue weighted by Gasteiger charge is 2.22. The molecule has 0 spiro atoms. The second kappa shape index (κ2) is 5.34. The Morgan fingerprint density at radius 1 is 1.23 bits per heavy atom. The number of H-pyrrole nitrogens is 1. The summed E-state index contributed by atoms with van der Waals surface area (Å²) >= 11 is 0. The summed E-state index contributed by atoms with van der Waals surface area (Å²) in [5.74, 6) is -0.114. The van der Waals surface area contributed by atoms with Gasteiger partial charge in [0.25, 0.3) is 5.56 Å². The maximum atomic E-state index is 12.0. The van der Waals surface area contributed by atoms with Gasteiger partial charge in [0, 0.05) is 37.7 Å². The fraction of sp³-hybridized carbons (Fsp3) is 0.333. The van der Waals surface area contributed by atoms with Crippen LogP contribution < -0.4 is 5.56 Å². The standard InChI is InChI=1S/C15H17N3O4/c1-8-16-11-2-3-18(7-10(11)15(22)17-8)6-9-4-13(20)14(21)5-12(9)19/h4-5,19-21H,2-3,6-7H2,1H3,(H,16,17,22). The summed E-state index contributed by atoms with van der Waals surface area (Å²) in [4.78, 5) is 21.0. The van der Waals surface area contributed by atoms with Crippen LogP contribution in [0.5, 0.6) is 17.2 Å². The van der Waals surface area contributed by atoms with Crippen molar-refractivity contribution < 1.29 is 15.3 Å². The molecule has 2 heterocycles. The van der Waals surface area contributed by atoms with Crippen LogP contribution in [0.4, 0.5) is 0 Å². The van der Waals surface area contributed by atoms with Gasteiger partial charge in [-0.05, 0) is 13.0 Å². The average molecular weight is 303 g/mol. The molecule has 0 saturated carbocycles. The van der Waals surface area contributed by atoms with E-state index in [1.807, 2.05) is 4.90 Å². The third-order valence-corrected chi connectivity index (χ3v) is 3.84. The van der Waals surface area contributed by atoms with Gasteiger partial charge < -0.3 is 20.3 Å². The number of nitrogens with zero attached hydrogens (tertiary/aromatic N) is 2. The van der Waals surface area contributed by atoms with Gasteiger partial charge in [-0.25, -0.2) is 4.98 Å². The maximum absolute atomic E-state index is 12.0. The Balaban J connectivity index is 1.84. The van der Waals surface area contributed by atoms with Crippen LogP contribution in [0.2, 0.25) is 0 Å². The van der Waals surface area contributed by atoms with E-state index in [1.165, 1.54) is 6.07 Å². The van der Waals surface area contributed by atoms with Gasteiger partial charge in [-0.2, -0.15) is 0 Å². The summed E-state index contributed by atoms with van der Waals surface area (Å²) in [6.07, 6.45) is 0.658. The van der Waals surface area contributed by atoms with E-state index in [2.05, 4.69) is 9.97 Å². The predicted octanol–water partition coefficient (Wildman–Crippen LogP) is 0.753. The first-order valence-corrected chi connectivity index (χ1v) is 6.99. The number of aromatic amines is 1. The Labute approximate surface area is 126 Å². The van der Waals surface area contributed by atoms with Gasteiger partial charge in [0.05, 0.1) is 11.3 Å². The highest BCUT2D eigenvalue weighted by atomic mass is 16.3. The second-order valence-corrected chi connectivity index (χ2v) is 5.51. The topological polar surface area (TPSA) is 110 Å². The quantitative estimate of drug-likeness (QED) is 0.481. The van der Waals surface area contributed by atoms with Crippen molar-refractivity contribution >= 4 is 0 Å². The minimum absolute atomic E-state index is 0.0861. The summed E-state index contributed by atoms with van der Waals surface area (Å²) in [5.41, 5.74) is 1.81. The first-order chi connectivity index (χ1) is 10.4. The van der Waals surface area contributed by atoms with Crippen LogP contribution >= 0.6 is 0 Å². The lowest BCUT2D eigenvalue weighted by Crippen LogP contribution is -2.35. The monoisotopic (exact) mass is 303 g/mol. The number of rotatable bonds is 2. The molecule has 1 aliphatic heterocycles. The Morgan fingerprint density at radius 3 is 2.73 bits per heavy atom. The molecular formula is C15H17N3O4. The molecule has 0 fully saturated rings. The summed E-state index contributed by atoms with van der Waals surface area (Å²) < 4.78 is 0. The molecule has 116 valence electrons. The van der Waals surface area contributed by atoms with E-state index in [0.717, 1.165) is 11.8 Å². The lowest BCUT2D eigenvalue weighted by Gasteiger charge is -2.27. The maximum Gasteiger partial charge on any atom is 0.255 e. The minimum Gasteiger partial charge on any atom is -0.507 e. The fourth-order valence-corrected chi connectivity index (χ4v) is 2.72. The molecule has 1 aromatic carbocycles. The molecule has 0 bridgehead atoms. The number of aromatic nitrogens is 2. The summed E-state index contributed by atoms with van der Waals surface area (Å²) in [6, 6.07) is 2.44. The normalized spacial score (nSPS) is 14.8. The molecule has 0 atom stereocenters. The smallest absolute Gasteiger partial charge is 0.255 e. The van der Waals surface area contributed by atoms with Crippen LogP contribution in [0.15, 0.2) is 16.9 Å². The van der Waals surface area contributed by atoms with Crippen LogP contribution in [0.25, 0.3) is 0 Å². The molecular weight excluding hydrogens is 286 g/mol. The van der Waals surface area contributed by atoms with Gasteiger partial charge in [0.2, 0.25) is 0 Å². The van der Waals surface area contributed by atoms with Crippen molar-refractivity contribution in [2.45, 2.75) is 26.4 Å². The van der Waals surface area contributed by atoms with E-state index < -0.39 is 0 Å². The van der Waals surface area contributed by atoms with Crippen LogP contribution in [0.1, 0.15) is 22.6 Å². The molecule has 4 N–H and O–H groups in total. The van der Waals surface area contributed by atoms with Crippen molar-refractivity contribution in [3.8, 4) is 17.2 Å². The molecule has 0 aliphatic carbocycles. The number of nitrogens with one attached hydrogen (secondary N) is 1. The van der Waals surface area contributed by atoms with Gasteiger partial charge in [0.15, 0.2) is 11.5 Å². The number of fused-ring (bicyclic) bond motifs is 1. The molecule has 1 aromatic heterocycles. The van der Waals surface area contributed by atoms with Gasteiger partial charge in [-0.3, -0.25) is 9.69 Å². The number of aromatic hydroxyl groups is 3. The second-order valence-electron chi connectivity index (χ2n) is 5.51. The van der Waals surface area contributed by atoms with Crippen molar-refractivity contribution in [3.05, 3.63) is 45.1 Å². The van der Waals surface area contributed by atoms with E-state index >= 15 is 0 Å². The van der Waals surface area contributed by atoms with Crippen molar-refractivity contribution in [1.29, 1.82) is 0 Å². The van der Waals surface area contributed by atoms with E-state index in [9.17, 15) is 20.1 Å². The predicted molar refractivity (Wildman–Crippen MR) is 78.8 cm³/mol. The largest absolute Gasteiger partial charge is 0.507 e. The average Bonchev–Trinajstić information content (AvgIpc) is 2.45. The first-order valence-electron chi connectivity index (χ1n) is 6.99. The molecule has 0 unspecified atom stereocenters. The third-order valence-electron chi connectivity index (χ3n) is 3.84. The number of hydrogen-bond acceptors (Lipinski definition) is 6. The minimum atomic E-state index is -0.360. The highest BCUT2D eigenvalue weighted by molar-refractivity contribution is 5.48. The van der Waals surface area contributed by atoms with E-state index in [1.54, 1.807) is 6.92 Å². The van der Waals surface area contributed by atoms with Crippen molar-refractivity contribution in [2.24, 2.45) is 0 Å². The van der Waals surface area contributed by atoms with Gasteiger partial charge >= 0.3 is 0 Å². The number of hydrogen-bond donors (Lipinski definition) is 4. The first kappa shape index (κ1) is 14.4. The zero-order chi connectivity index (χ0) is 15.9. The lowest BCUT2D eigenvalue weighted by atomic mass is 10.1. The zero-order valence-electron chi connectivity index (χ0n) is 12.1.